The Labute approximate surface area is 188 Å². The van der Waals surface area contributed by atoms with Crippen molar-refractivity contribution in [3.05, 3.63) is 35.4 Å². The third-order valence-electron chi connectivity index (χ3n) is 4.43. The maximum absolute atomic E-state index is 9.05. The number of aliphatic hydroxyl groups is 1. The zero-order valence-corrected chi connectivity index (χ0v) is 19.0. The molecule has 0 aliphatic heterocycles. The standard InChI is InChI=1S/C20H30N8O2.ClH/c1-4-30-10-8-28-19-18(15(27-28)12-21-3)24-17(13-22-7-9-29)26-20(19)25-16-11-14(2)5-6-23-16;/h5-6,11,21-22,29H,4,7-10,12-13H2,1-3H3,(H,23,24,25,26);1H. The van der Waals surface area contributed by atoms with Gasteiger partial charge in [0.15, 0.2) is 5.82 Å². The highest BCUT2D eigenvalue weighted by Crippen LogP contribution is 2.26. The van der Waals surface area contributed by atoms with E-state index in [0.717, 1.165) is 22.3 Å². The minimum absolute atomic E-state index is 0. The van der Waals surface area contributed by atoms with Crippen molar-refractivity contribution >= 4 is 35.1 Å². The molecule has 11 heteroatoms. The van der Waals surface area contributed by atoms with Crippen LogP contribution in [0.3, 0.4) is 0 Å². The summed E-state index contributed by atoms with van der Waals surface area (Å²) in [6.45, 7) is 7.34. The molecule has 10 nitrogen and oxygen atoms in total. The monoisotopic (exact) mass is 450 g/mol. The fourth-order valence-electron chi connectivity index (χ4n) is 3.10. The Morgan fingerprint density at radius 1 is 1.23 bits per heavy atom. The Bertz CT molecular complexity index is 966. The van der Waals surface area contributed by atoms with Crippen molar-refractivity contribution in [1.82, 2.24) is 35.4 Å². The number of hydrogen-bond donors (Lipinski definition) is 4. The first kappa shape index (κ1) is 24.9. The van der Waals surface area contributed by atoms with E-state index < -0.39 is 0 Å². The number of aromatic nitrogens is 5. The first-order valence-electron chi connectivity index (χ1n) is 10.2. The topological polar surface area (TPSA) is 122 Å². The minimum Gasteiger partial charge on any atom is -0.395 e. The second kappa shape index (κ2) is 12.5. The number of rotatable bonds is 12. The minimum atomic E-state index is 0. The maximum Gasteiger partial charge on any atom is 0.161 e. The van der Waals surface area contributed by atoms with Crippen molar-refractivity contribution in [3.8, 4) is 0 Å². The van der Waals surface area contributed by atoms with Gasteiger partial charge in [0.1, 0.15) is 28.4 Å². The molecule has 3 heterocycles. The van der Waals surface area contributed by atoms with Crippen molar-refractivity contribution in [2.24, 2.45) is 0 Å². The largest absolute Gasteiger partial charge is 0.395 e. The van der Waals surface area contributed by atoms with Crippen LogP contribution in [0.25, 0.3) is 11.0 Å². The fraction of sp³-hybridized carbons (Fsp3) is 0.500. The van der Waals surface area contributed by atoms with Crippen LogP contribution in [0.4, 0.5) is 11.6 Å². The van der Waals surface area contributed by atoms with Gasteiger partial charge in [0.2, 0.25) is 0 Å². The highest BCUT2D eigenvalue weighted by atomic mass is 35.5. The van der Waals surface area contributed by atoms with Crippen molar-refractivity contribution < 1.29 is 9.84 Å². The van der Waals surface area contributed by atoms with Gasteiger partial charge in [-0.05, 0) is 38.6 Å². The molecule has 0 amide bonds. The van der Waals surface area contributed by atoms with E-state index in [-0.39, 0.29) is 19.0 Å². The Balaban J connectivity index is 0.00000341. The molecule has 170 valence electrons. The van der Waals surface area contributed by atoms with Crippen LogP contribution in [0.5, 0.6) is 0 Å². The van der Waals surface area contributed by atoms with Gasteiger partial charge >= 0.3 is 0 Å². The molecule has 0 bridgehead atoms. The summed E-state index contributed by atoms with van der Waals surface area (Å²) in [6, 6.07) is 3.91. The summed E-state index contributed by atoms with van der Waals surface area (Å²) in [4.78, 5) is 13.9. The Hall–Kier alpha value is -2.37. The van der Waals surface area contributed by atoms with Gasteiger partial charge in [-0.25, -0.2) is 15.0 Å². The summed E-state index contributed by atoms with van der Waals surface area (Å²) in [7, 11) is 1.88. The predicted octanol–water partition coefficient (Wildman–Crippen LogP) is 1.53. The molecule has 0 saturated carbocycles. The van der Waals surface area contributed by atoms with Crippen molar-refractivity contribution in [2.75, 3.05) is 38.7 Å². The van der Waals surface area contributed by atoms with E-state index in [9.17, 15) is 0 Å². The van der Waals surface area contributed by atoms with Crippen LogP contribution in [0.1, 0.15) is 24.0 Å². The van der Waals surface area contributed by atoms with E-state index in [2.05, 4.69) is 20.9 Å². The molecule has 3 rings (SSSR count). The van der Waals surface area contributed by atoms with Crippen LogP contribution in [0, 0.1) is 6.92 Å². The summed E-state index contributed by atoms with van der Waals surface area (Å²) in [5, 5.41) is 23.4. The molecule has 0 saturated heterocycles. The van der Waals surface area contributed by atoms with Gasteiger partial charge in [0, 0.05) is 25.9 Å². The molecular weight excluding hydrogens is 420 g/mol. The summed E-state index contributed by atoms with van der Waals surface area (Å²) >= 11 is 0. The molecular formula is C20H31ClN8O2. The second-order valence-electron chi connectivity index (χ2n) is 6.83. The van der Waals surface area contributed by atoms with Gasteiger partial charge in [-0.1, -0.05) is 0 Å². The summed E-state index contributed by atoms with van der Waals surface area (Å²) in [5.41, 5.74) is 3.54. The fourth-order valence-corrected chi connectivity index (χ4v) is 3.10. The Kier molecular flexibility index (Phi) is 10.0. The summed E-state index contributed by atoms with van der Waals surface area (Å²) in [5.74, 6) is 1.97. The molecule has 3 aromatic heterocycles. The van der Waals surface area contributed by atoms with Crippen LogP contribution in [-0.2, 0) is 24.4 Å². The zero-order chi connectivity index (χ0) is 21.3. The molecule has 0 radical (unpaired) electrons. The highest BCUT2D eigenvalue weighted by Gasteiger charge is 2.19. The number of halogens is 1. The third kappa shape index (κ3) is 6.55. The molecule has 0 aliphatic carbocycles. The van der Waals surface area contributed by atoms with Crippen molar-refractivity contribution in [2.45, 2.75) is 33.5 Å². The first-order valence-corrected chi connectivity index (χ1v) is 10.2. The molecule has 0 fully saturated rings. The lowest BCUT2D eigenvalue weighted by Gasteiger charge is -2.11. The van der Waals surface area contributed by atoms with Crippen LogP contribution in [0.2, 0.25) is 0 Å². The number of hydrogen-bond acceptors (Lipinski definition) is 9. The van der Waals surface area contributed by atoms with Gasteiger partial charge in [0.25, 0.3) is 0 Å². The van der Waals surface area contributed by atoms with Crippen LogP contribution < -0.4 is 16.0 Å². The lowest BCUT2D eigenvalue weighted by atomic mass is 10.3. The molecule has 31 heavy (non-hydrogen) atoms. The Morgan fingerprint density at radius 2 is 2.06 bits per heavy atom. The Morgan fingerprint density at radius 3 is 2.77 bits per heavy atom. The van der Waals surface area contributed by atoms with E-state index >= 15 is 0 Å². The molecule has 0 aromatic carbocycles. The first-order chi connectivity index (χ1) is 14.7. The number of ether oxygens (including phenoxy) is 1. The summed E-state index contributed by atoms with van der Waals surface area (Å²) in [6.07, 6.45) is 1.76. The lowest BCUT2D eigenvalue weighted by molar-refractivity contribution is 0.137. The highest BCUT2D eigenvalue weighted by molar-refractivity contribution is 5.89. The smallest absolute Gasteiger partial charge is 0.161 e. The molecule has 0 spiro atoms. The van der Waals surface area contributed by atoms with Crippen molar-refractivity contribution in [1.29, 1.82) is 0 Å². The van der Waals surface area contributed by atoms with E-state index in [0.29, 0.717) is 56.9 Å². The van der Waals surface area contributed by atoms with E-state index in [1.165, 1.54) is 0 Å². The predicted molar refractivity (Wildman–Crippen MR) is 123 cm³/mol. The SMILES string of the molecule is CCOCCn1nc(CNC)c2nc(CNCCO)nc(Nc3cc(C)ccn3)c21.Cl. The number of nitrogens with zero attached hydrogens (tertiary/aromatic N) is 5. The molecule has 3 aromatic rings. The number of aryl methyl sites for hydroxylation is 1. The molecule has 0 unspecified atom stereocenters. The summed E-state index contributed by atoms with van der Waals surface area (Å²) < 4.78 is 7.42. The van der Waals surface area contributed by atoms with Gasteiger partial charge in [-0.15, -0.1) is 12.4 Å². The van der Waals surface area contributed by atoms with Crippen LogP contribution in [-0.4, -0.2) is 63.3 Å². The normalized spacial score (nSPS) is 11.0. The average molecular weight is 451 g/mol. The molecule has 0 aliphatic rings. The lowest BCUT2D eigenvalue weighted by Crippen LogP contribution is -2.19. The van der Waals surface area contributed by atoms with E-state index in [1.54, 1.807) is 6.20 Å². The third-order valence-corrected chi connectivity index (χ3v) is 4.43. The number of fused-ring (bicyclic) bond motifs is 1. The van der Waals surface area contributed by atoms with Gasteiger partial charge < -0.3 is 25.8 Å². The number of aliphatic hydroxyl groups excluding tert-OH is 1. The van der Waals surface area contributed by atoms with Gasteiger partial charge in [-0.3, -0.25) is 4.68 Å². The van der Waals surface area contributed by atoms with Crippen molar-refractivity contribution in [3.63, 3.8) is 0 Å². The van der Waals surface area contributed by atoms with Gasteiger partial charge in [0.05, 0.1) is 26.3 Å². The van der Waals surface area contributed by atoms with E-state index in [1.807, 2.05) is 37.7 Å². The van der Waals surface area contributed by atoms with Crippen LogP contribution in [0.15, 0.2) is 18.3 Å². The zero-order valence-electron chi connectivity index (χ0n) is 18.2. The average Bonchev–Trinajstić information content (AvgIpc) is 3.07. The van der Waals surface area contributed by atoms with Gasteiger partial charge in [-0.2, -0.15) is 5.10 Å². The second-order valence-corrected chi connectivity index (χ2v) is 6.83. The van der Waals surface area contributed by atoms with E-state index in [4.69, 9.17) is 24.9 Å². The molecule has 4 N–H and O–H groups in total. The quantitative estimate of drug-likeness (QED) is 0.304. The number of pyridine rings is 1. The van der Waals surface area contributed by atoms with Crippen LogP contribution >= 0.6 is 12.4 Å². The maximum atomic E-state index is 9.05. The molecule has 0 atom stereocenters. The number of anilines is 2. The number of nitrogens with one attached hydrogen (secondary N) is 3.